The number of pyridine rings is 2. The smallest absolute Gasteiger partial charge is 0.410 e. The number of rotatable bonds is 4. The molecule has 0 aromatic carbocycles. The Bertz CT molecular complexity index is 1420. The van der Waals surface area contributed by atoms with Crippen LogP contribution in [-0.4, -0.2) is 44.7 Å². The fraction of sp³-hybridized carbons (Fsp3) is 0.714. The van der Waals surface area contributed by atoms with Crippen molar-refractivity contribution in [3.63, 3.8) is 0 Å². The second kappa shape index (κ2) is 11.1. The molecule has 0 N–H and O–H groups in total. The second-order valence-corrected chi connectivity index (χ2v) is 20.5. The maximum Gasteiger partial charge on any atom is 0.417 e. The summed E-state index contributed by atoms with van der Waals surface area (Å²) in [6.45, 7) is 14.0. The summed E-state index contributed by atoms with van der Waals surface area (Å²) in [7, 11) is -2.19. The highest BCUT2D eigenvalue weighted by molar-refractivity contribution is 6.74. The summed E-state index contributed by atoms with van der Waals surface area (Å²) < 4.78 is 66.9. The van der Waals surface area contributed by atoms with Crippen LogP contribution < -0.4 is 0 Å². The fourth-order valence-corrected chi connectivity index (χ4v) is 9.43. The second-order valence-electron chi connectivity index (χ2n) is 15.7. The van der Waals surface area contributed by atoms with E-state index in [0.29, 0.717) is 45.0 Å². The van der Waals surface area contributed by atoms with Crippen LogP contribution in [0.3, 0.4) is 0 Å². The van der Waals surface area contributed by atoms with Gasteiger partial charge in [0.2, 0.25) is 0 Å². The van der Waals surface area contributed by atoms with E-state index >= 15 is 0 Å². The summed E-state index contributed by atoms with van der Waals surface area (Å²) in [6.07, 6.45) is 4.42. The van der Waals surface area contributed by atoms with E-state index in [-0.39, 0.29) is 22.5 Å². The van der Waals surface area contributed by atoms with Crippen LogP contribution in [0.1, 0.15) is 130 Å². The molecule has 10 heteroatoms. The van der Waals surface area contributed by atoms with Gasteiger partial charge in [0, 0.05) is 68.2 Å². The van der Waals surface area contributed by atoms with Gasteiger partial charge in [0.15, 0.2) is 8.32 Å². The van der Waals surface area contributed by atoms with Crippen molar-refractivity contribution < 1.29 is 31.8 Å². The zero-order valence-corrected chi connectivity index (χ0v) is 28.3. The molecule has 2 aromatic heterocycles. The van der Waals surface area contributed by atoms with Crippen molar-refractivity contribution in [2.75, 3.05) is 26.4 Å². The summed E-state index contributed by atoms with van der Waals surface area (Å²) in [5.41, 5.74) is 4.90. The van der Waals surface area contributed by atoms with Crippen molar-refractivity contribution in [1.29, 1.82) is 0 Å². The fourth-order valence-electron chi connectivity index (χ4n) is 8.17. The molecule has 2 spiro atoms. The molecule has 0 bridgehead atoms. The maximum absolute atomic E-state index is 13.6. The Morgan fingerprint density at radius 2 is 1.62 bits per heavy atom. The summed E-state index contributed by atoms with van der Waals surface area (Å²) in [4.78, 5) is 10.0. The first-order valence-corrected chi connectivity index (χ1v) is 19.7. The summed E-state index contributed by atoms with van der Waals surface area (Å²) >= 11 is 0. The van der Waals surface area contributed by atoms with Gasteiger partial charge in [-0.1, -0.05) is 27.2 Å². The van der Waals surface area contributed by atoms with Crippen molar-refractivity contribution in [3.05, 3.63) is 57.7 Å². The van der Waals surface area contributed by atoms with E-state index in [0.717, 1.165) is 54.9 Å². The number of alkyl halides is 3. The Balaban J connectivity index is 1.46. The molecule has 0 unspecified atom stereocenters. The number of ether oxygens (including phenoxy) is 3. The third-order valence-electron chi connectivity index (χ3n) is 11.9. The number of hydrogen-bond donors (Lipinski definition) is 0. The Labute approximate surface area is 265 Å². The first kappa shape index (κ1) is 31.7. The highest BCUT2D eigenvalue weighted by Crippen LogP contribution is 2.62. The molecule has 3 fully saturated rings. The van der Waals surface area contributed by atoms with Crippen LogP contribution in [0.4, 0.5) is 13.2 Å². The van der Waals surface area contributed by atoms with Gasteiger partial charge in [0.1, 0.15) is 6.10 Å². The molecule has 0 amide bonds. The predicted molar refractivity (Wildman–Crippen MR) is 167 cm³/mol. The Kier molecular flexibility index (Phi) is 7.83. The molecule has 6 nitrogen and oxygen atoms in total. The molecule has 3 aliphatic heterocycles. The van der Waals surface area contributed by atoms with Crippen molar-refractivity contribution >= 4 is 8.32 Å². The van der Waals surface area contributed by atoms with Gasteiger partial charge in [0.25, 0.3) is 0 Å². The summed E-state index contributed by atoms with van der Waals surface area (Å²) in [5, 5.41) is 0.0373. The lowest BCUT2D eigenvalue weighted by atomic mass is 9.58. The van der Waals surface area contributed by atoms with E-state index in [9.17, 15) is 13.2 Å². The lowest BCUT2D eigenvalue weighted by Gasteiger charge is -2.51. The SMILES string of the molecule is CC(C)(C)[Si](C)(C)O[C@H]1CC2(CCC2)Cc2nc(C3CCOCC3)c3c(c21)C1(CCOCC1)O[C@@H]3c1ccc(C(F)(F)F)cn1. The van der Waals surface area contributed by atoms with Gasteiger partial charge < -0.3 is 18.6 Å². The molecular weight excluding hydrogens is 597 g/mol. The van der Waals surface area contributed by atoms with Gasteiger partial charge in [-0.25, -0.2) is 0 Å². The molecule has 246 valence electrons. The van der Waals surface area contributed by atoms with Gasteiger partial charge in [-0.3, -0.25) is 9.97 Å². The van der Waals surface area contributed by atoms with Gasteiger partial charge in [-0.15, -0.1) is 0 Å². The van der Waals surface area contributed by atoms with Crippen LogP contribution in [0.2, 0.25) is 18.1 Å². The average molecular weight is 645 g/mol. The molecular formula is C35H47F3N2O4Si. The molecule has 7 rings (SSSR count). The molecule has 2 aromatic rings. The predicted octanol–water partition coefficient (Wildman–Crippen LogP) is 8.69. The molecule has 45 heavy (non-hydrogen) atoms. The average Bonchev–Trinajstić information content (AvgIpc) is 3.29. The Morgan fingerprint density at radius 3 is 2.20 bits per heavy atom. The van der Waals surface area contributed by atoms with E-state index in [2.05, 4.69) is 38.8 Å². The minimum atomic E-state index is -4.46. The normalized spacial score (nSPS) is 26.5. The minimum absolute atomic E-state index is 0.0373. The highest BCUT2D eigenvalue weighted by Gasteiger charge is 2.56. The van der Waals surface area contributed by atoms with Crippen LogP contribution >= 0.6 is 0 Å². The lowest BCUT2D eigenvalue weighted by Crippen LogP contribution is -2.47. The maximum atomic E-state index is 13.6. The summed E-state index contributed by atoms with van der Waals surface area (Å²) in [5.74, 6) is 0.187. The molecule has 2 saturated heterocycles. The Morgan fingerprint density at radius 1 is 0.933 bits per heavy atom. The first-order valence-electron chi connectivity index (χ1n) is 16.8. The van der Waals surface area contributed by atoms with Gasteiger partial charge in [0.05, 0.1) is 28.7 Å². The number of aromatic nitrogens is 2. The largest absolute Gasteiger partial charge is 0.417 e. The van der Waals surface area contributed by atoms with Crippen molar-refractivity contribution in [2.24, 2.45) is 5.41 Å². The molecule has 5 heterocycles. The third-order valence-corrected chi connectivity index (χ3v) is 16.4. The topological polar surface area (TPSA) is 62.7 Å². The quantitative estimate of drug-likeness (QED) is 0.311. The van der Waals surface area contributed by atoms with Crippen LogP contribution in [0.15, 0.2) is 18.3 Å². The van der Waals surface area contributed by atoms with E-state index < -0.39 is 31.8 Å². The van der Waals surface area contributed by atoms with Crippen LogP contribution in [0.25, 0.3) is 0 Å². The van der Waals surface area contributed by atoms with Gasteiger partial charge >= 0.3 is 6.18 Å². The number of nitrogens with zero attached hydrogens (tertiary/aromatic N) is 2. The first-order chi connectivity index (χ1) is 21.2. The number of halogens is 3. The van der Waals surface area contributed by atoms with E-state index in [1.54, 1.807) is 0 Å². The number of fused-ring (bicyclic) bond motifs is 4. The molecule has 2 atom stereocenters. The lowest BCUT2D eigenvalue weighted by molar-refractivity contribution is -0.138. The van der Waals surface area contributed by atoms with E-state index in [1.807, 2.05) is 0 Å². The molecule has 1 saturated carbocycles. The molecule has 5 aliphatic rings. The zero-order chi connectivity index (χ0) is 31.8. The van der Waals surface area contributed by atoms with E-state index in [4.69, 9.17) is 23.6 Å². The monoisotopic (exact) mass is 644 g/mol. The highest BCUT2D eigenvalue weighted by atomic mass is 28.4. The van der Waals surface area contributed by atoms with Crippen molar-refractivity contribution in [3.8, 4) is 0 Å². The third kappa shape index (κ3) is 5.50. The molecule has 0 radical (unpaired) electrons. The van der Waals surface area contributed by atoms with Crippen molar-refractivity contribution in [1.82, 2.24) is 9.97 Å². The van der Waals surface area contributed by atoms with Crippen LogP contribution in [0.5, 0.6) is 0 Å². The minimum Gasteiger partial charge on any atom is -0.410 e. The van der Waals surface area contributed by atoms with Crippen LogP contribution in [0, 0.1) is 5.41 Å². The van der Waals surface area contributed by atoms with E-state index in [1.165, 1.54) is 36.5 Å². The van der Waals surface area contributed by atoms with Crippen LogP contribution in [-0.2, 0) is 36.8 Å². The standard InChI is InChI=1S/C35H47F3N2O4Si/c1-32(2,3)45(4,5)44-26-20-33(11-6-12-33)19-25-27(26)29-28(30(40-25)22-9-15-41-16-10-22)31(43-34(29)13-17-42-18-14-34)24-8-7-23(21-39-24)35(36,37)38/h7-8,21-22,26,31H,6,9-20H2,1-5H3/t26-,31+/m0/s1. The van der Waals surface area contributed by atoms with Gasteiger partial charge in [-0.05, 0) is 79.8 Å². The van der Waals surface area contributed by atoms with Crippen molar-refractivity contribution in [2.45, 2.75) is 127 Å². The molecule has 2 aliphatic carbocycles. The summed E-state index contributed by atoms with van der Waals surface area (Å²) in [6, 6.07) is 2.62. The zero-order valence-electron chi connectivity index (χ0n) is 27.3. The Hall–Kier alpha value is -1.85. The number of hydrogen-bond acceptors (Lipinski definition) is 6. The van der Waals surface area contributed by atoms with Gasteiger partial charge in [-0.2, -0.15) is 13.2 Å².